The van der Waals surface area contributed by atoms with E-state index in [2.05, 4.69) is 16.8 Å². The fourth-order valence-corrected chi connectivity index (χ4v) is 7.63. The first kappa shape index (κ1) is 23.1. The molecular formula is C30H34N2O4. The van der Waals surface area contributed by atoms with Gasteiger partial charge >= 0.3 is 5.97 Å². The second kappa shape index (κ2) is 8.39. The molecule has 3 aliphatic rings. The largest absolute Gasteiger partial charge is 0.496 e. The Kier molecular flexibility index (Phi) is 5.39. The molecule has 6 heteroatoms. The maximum Gasteiger partial charge on any atom is 0.341 e. The molecule has 188 valence electrons. The van der Waals surface area contributed by atoms with Crippen LogP contribution in [-0.4, -0.2) is 37.2 Å². The monoisotopic (exact) mass is 486 g/mol. The Balaban J connectivity index is 1.15. The third-order valence-corrected chi connectivity index (χ3v) is 8.98. The third kappa shape index (κ3) is 3.87. The fraction of sp³-hybridized carbons (Fsp3) is 0.467. The molecule has 4 unspecified atom stereocenters. The van der Waals surface area contributed by atoms with Crippen LogP contribution in [0.15, 0.2) is 48.7 Å². The summed E-state index contributed by atoms with van der Waals surface area (Å²) in [5.74, 6) is 1.78. The van der Waals surface area contributed by atoms with Gasteiger partial charge in [-0.1, -0.05) is 13.0 Å². The molecule has 36 heavy (non-hydrogen) atoms. The number of ether oxygens (including phenoxy) is 2. The van der Waals surface area contributed by atoms with Gasteiger partial charge in [-0.15, -0.1) is 0 Å². The first-order valence-electron chi connectivity index (χ1n) is 13.0. The Morgan fingerprint density at radius 1 is 1.06 bits per heavy atom. The van der Waals surface area contributed by atoms with Gasteiger partial charge in [-0.3, -0.25) is 4.79 Å². The summed E-state index contributed by atoms with van der Waals surface area (Å²) in [5.41, 5.74) is 4.11. The molecule has 3 fully saturated rings. The Labute approximate surface area is 212 Å². The molecule has 3 aliphatic carbocycles. The summed E-state index contributed by atoms with van der Waals surface area (Å²) in [6.07, 6.45) is 8.69. The normalized spacial score (nSPS) is 28.0. The van der Waals surface area contributed by atoms with Gasteiger partial charge in [0, 0.05) is 35.8 Å². The predicted molar refractivity (Wildman–Crippen MR) is 138 cm³/mol. The Bertz CT molecular complexity index is 1360. The lowest BCUT2D eigenvalue weighted by Gasteiger charge is -2.40. The minimum atomic E-state index is -0.419. The van der Waals surface area contributed by atoms with Crippen molar-refractivity contribution in [2.45, 2.75) is 45.6 Å². The van der Waals surface area contributed by atoms with E-state index < -0.39 is 5.97 Å². The van der Waals surface area contributed by atoms with Crippen LogP contribution < -0.4 is 10.1 Å². The number of nitrogens with one attached hydrogen (secondary N) is 1. The lowest BCUT2D eigenvalue weighted by Crippen LogP contribution is -2.40. The lowest BCUT2D eigenvalue weighted by atomic mass is 9.67. The number of nitrogens with zero attached hydrogens (tertiary/aromatic N) is 1. The number of carbonyl (C=O) groups is 2. The van der Waals surface area contributed by atoms with Gasteiger partial charge in [-0.2, -0.15) is 0 Å². The maximum atomic E-state index is 13.1. The predicted octanol–water partition coefficient (Wildman–Crippen LogP) is 5.43. The van der Waals surface area contributed by atoms with Crippen molar-refractivity contribution in [3.63, 3.8) is 0 Å². The second-order valence-corrected chi connectivity index (χ2v) is 11.6. The molecule has 0 aliphatic heterocycles. The summed E-state index contributed by atoms with van der Waals surface area (Å²) in [5, 5.41) is 4.32. The summed E-state index contributed by atoms with van der Waals surface area (Å²) < 4.78 is 12.4. The molecule has 4 atom stereocenters. The molecule has 3 aromatic rings. The number of methoxy groups -OCH3 is 2. The average molecular weight is 487 g/mol. The quantitative estimate of drug-likeness (QED) is 0.452. The van der Waals surface area contributed by atoms with Crippen molar-refractivity contribution in [1.29, 1.82) is 0 Å². The van der Waals surface area contributed by atoms with E-state index in [0.717, 1.165) is 34.8 Å². The van der Waals surface area contributed by atoms with Crippen LogP contribution in [0.5, 0.6) is 5.75 Å². The minimum absolute atomic E-state index is 0.0232. The van der Waals surface area contributed by atoms with E-state index in [9.17, 15) is 9.59 Å². The van der Waals surface area contributed by atoms with E-state index in [1.165, 1.54) is 39.2 Å². The highest BCUT2D eigenvalue weighted by Gasteiger charge is 2.67. The van der Waals surface area contributed by atoms with Crippen LogP contribution in [-0.2, 0) is 11.3 Å². The molecule has 6 nitrogen and oxygen atoms in total. The number of fused-ring (bicyclic) bond motifs is 2. The van der Waals surface area contributed by atoms with Crippen molar-refractivity contribution in [1.82, 2.24) is 9.88 Å². The number of carbonyl (C=O) groups excluding carboxylic acids is 2. The van der Waals surface area contributed by atoms with Crippen LogP contribution in [0.2, 0.25) is 0 Å². The third-order valence-electron chi connectivity index (χ3n) is 8.98. The van der Waals surface area contributed by atoms with Gasteiger partial charge < -0.3 is 19.4 Å². The molecule has 1 N–H and O–H groups in total. The van der Waals surface area contributed by atoms with Gasteiger partial charge in [0.1, 0.15) is 11.3 Å². The molecule has 1 aromatic heterocycles. The van der Waals surface area contributed by atoms with Crippen LogP contribution >= 0.6 is 0 Å². The van der Waals surface area contributed by atoms with Crippen LogP contribution in [0.1, 0.15) is 65.3 Å². The van der Waals surface area contributed by atoms with Crippen molar-refractivity contribution in [2.75, 3.05) is 20.8 Å². The first-order chi connectivity index (χ1) is 17.3. The SMILES string of the molecule is COC(=O)c1ccc(Cn2ccc3cc(C(=O)NCC45CC(C)CC6(CC6C4)C5)ccc32)cc1OC. The second-order valence-electron chi connectivity index (χ2n) is 11.6. The topological polar surface area (TPSA) is 69.6 Å². The van der Waals surface area contributed by atoms with Crippen LogP contribution in [0.4, 0.5) is 0 Å². The molecule has 0 saturated heterocycles. The number of amides is 1. The number of hydrogen-bond donors (Lipinski definition) is 1. The maximum absolute atomic E-state index is 13.1. The van der Waals surface area contributed by atoms with E-state index in [0.29, 0.717) is 34.3 Å². The molecule has 3 saturated carbocycles. The van der Waals surface area contributed by atoms with Gasteiger partial charge in [0.15, 0.2) is 0 Å². The fourth-order valence-electron chi connectivity index (χ4n) is 7.63. The molecule has 1 amide bonds. The van der Waals surface area contributed by atoms with E-state index >= 15 is 0 Å². The van der Waals surface area contributed by atoms with Crippen LogP contribution in [0.3, 0.4) is 0 Å². The Morgan fingerprint density at radius 2 is 1.92 bits per heavy atom. The van der Waals surface area contributed by atoms with E-state index in [4.69, 9.17) is 9.47 Å². The number of benzene rings is 2. The van der Waals surface area contributed by atoms with E-state index in [1.807, 2.05) is 42.6 Å². The number of hydrogen-bond acceptors (Lipinski definition) is 4. The molecule has 6 rings (SSSR count). The van der Waals surface area contributed by atoms with Gasteiger partial charge in [0.2, 0.25) is 0 Å². The minimum Gasteiger partial charge on any atom is -0.496 e. The van der Waals surface area contributed by atoms with Gasteiger partial charge in [0.05, 0.1) is 14.2 Å². The highest BCUT2D eigenvalue weighted by Crippen LogP contribution is 2.75. The molecule has 1 spiro atoms. The van der Waals surface area contributed by atoms with Crippen molar-refractivity contribution in [3.05, 3.63) is 65.4 Å². The number of esters is 1. The van der Waals surface area contributed by atoms with Crippen molar-refractivity contribution in [2.24, 2.45) is 22.7 Å². The standard InChI is InChI=1S/C30H34N2O4/c1-19-12-29(14-23-15-30(23,13-19)17-29)18-31-27(33)22-5-7-25-21(11-22)8-9-32(25)16-20-4-6-24(28(34)36-3)26(10-20)35-2/h4-11,19,23H,12-18H2,1-3H3,(H,31,33). The number of aromatic nitrogens is 1. The van der Waals surface area contributed by atoms with Crippen LogP contribution in [0, 0.1) is 22.7 Å². The Hall–Kier alpha value is -3.28. The van der Waals surface area contributed by atoms with Crippen LogP contribution in [0.25, 0.3) is 10.9 Å². The van der Waals surface area contributed by atoms with Gasteiger partial charge in [-0.05, 0) is 96.7 Å². The first-order valence-corrected chi connectivity index (χ1v) is 13.0. The molecular weight excluding hydrogens is 452 g/mol. The van der Waals surface area contributed by atoms with Crippen molar-refractivity contribution in [3.8, 4) is 5.75 Å². The number of rotatable bonds is 7. The lowest BCUT2D eigenvalue weighted by molar-refractivity contribution is 0.0597. The summed E-state index contributed by atoms with van der Waals surface area (Å²) >= 11 is 0. The van der Waals surface area contributed by atoms with Crippen molar-refractivity contribution < 1.29 is 19.1 Å². The zero-order valence-electron chi connectivity index (χ0n) is 21.3. The molecule has 2 aromatic carbocycles. The summed E-state index contributed by atoms with van der Waals surface area (Å²) in [6, 6.07) is 13.5. The molecule has 1 heterocycles. The zero-order valence-corrected chi connectivity index (χ0v) is 21.3. The van der Waals surface area contributed by atoms with E-state index in [1.54, 1.807) is 13.2 Å². The summed E-state index contributed by atoms with van der Waals surface area (Å²) in [6.45, 7) is 3.81. The highest BCUT2D eigenvalue weighted by molar-refractivity contribution is 5.98. The van der Waals surface area contributed by atoms with E-state index in [-0.39, 0.29) is 5.91 Å². The Morgan fingerprint density at radius 3 is 2.72 bits per heavy atom. The summed E-state index contributed by atoms with van der Waals surface area (Å²) in [4.78, 5) is 25.0. The average Bonchev–Trinajstić information content (AvgIpc) is 3.22. The molecule has 2 bridgehead atoms. The van der Waals surface area contributed by atoms with Gasteiger partial charge in [-0.25, -0.2) is 4.79 Å². The van der Waals surface area contributed by atoms with Crippen molar-refractivity contribution >= 4 is 22.8 Å². The van der Waals surface area contributed by atoms with Gasteiger partial charge in [0.25, 0.3) is 5.91 Å². The molecule has 0 radical (unpaired) electrons. The zero-order chi connectivity index (χ0) is 25.1. The smallest absolute Gasteiger partial charge is 0.341 e. The summed E-state index contributed by atoms with van der Waals surface area (Å²) in [7, 11) is 2.91. The highest BCUT2D eigenvalue weighted by atomic mass is 16.5.